The van der Waals surface area contributed by atoms with Crippen molar-refractivity contribution in [3.63, 3.8) is 0 Å². The predicted octanol–water partition coefficient (Wildman–Crippen LogP) is 5.40. The summed E-state index contributed by atoms with van der Waals surface area (Å²) in [4.78, 5) is 32.7. The Balaban J connectivity index is 1.66. The van der Waals surface area contributed by atoms with Gasteiger partial charge in [-0.1, -0.05) is 12.1 Å². The second kappa shape index (κ2) is 9.95. The number of likely N-dealkylation sites (tertiary alicyclic amines) is 1. The quantitative estimate of drug-likeness (QED) is 0.428. The summed E-state index contributed by atoms with van der Waals surface area (Å²) in [7, 11) is 3.26. The number of nitrogens with zero attached hydrogens (tertiary/aromatic N) is 2. The molecule has 35 heavy (non-hydrogen) atoms. The van der Waals surface area contributed by atoms with Crippen LogP contribution in [-0.2, 0) is 9.59 Å². The summed E-state index contributed by atoms with van der Waals surface area (Å²) in [6, 6.07) is 16.9. The molecule has 2 aromatic carbocycles. The maximum Gasteiger partial charge on any atom is 0.242 e. The Morgan fingerprint density at radius 3 is 2.17 bits per heavy atom. The Hall–Kier alpha value is -2.97. The molecule has 0 radical (unpaired) electrons. The summed E-state index contributed by atoms with van der Waals surface area (Å²) >= 11 is 3.04. The van der Waals surface area contributed by atoms with Crippen molar-refractivity contribution in [2.75, 3.05) is 32.2 Å². The van der Waals surface area contributed by atoms with Crippen molar-refractivity contribution >= 4 is 40.6 Å². The van der Waals surface area contributed by atoms with Gasteiger partial charge in [-0.25, -0.2) is 0 Å². The van der Waals surface area contributed by atoms with E-state index in [1.807, 2.05) is 75.2 Å². The number of amides is 2. The Kier molecular flexibility index (Phi) is 6.75. The van der Waals surface area contributed by atoms with E-state index in [4.69, 9.17) is 9.47 Å². The summed E-state index contributed by atoms with van der Waals surface area (Å²) in [5.74, 6) is 1.48. The maximum absolute atomic E-state index is 14.3. The molecule has 0 saturated carbocycles. The molecule has 0 aliphatic carbocycles. The lowest BCUT2D eigenvalue weighted by atomic mass is 9.91. The first kappa shape index (κ1) is 23.8. The van der Waals surface area contributed by atoms with Crippen molar-refractivity contribution < 1.29 is 19.1 Å². The normalized spacial score (nSPS) is 22.0. The fraction of sp³-hybridized carbons (Fsp3) is 0.333. The molecule has 1 aromatic heterocycles. The highest BCUT2D eigenvalue weighted by Gasteiger charge is 2.59. The highest BCUT2D eigenvalue weighted by Crippen LogP contribution is 2.55. The van der Waals surface area contributed by atoms with Gasteiger partial charge in [-0.05, 0) is 66.2 Å². The summed E-state index contributed by atoms with van der Waals surface area (Å²) in [5, 5.41) is 3.94. The van der Waals surface area contributed by atoms with Gasteiger partial charge in [0, 0.05) is 23.4 Å². The molecule has 2 fully saturated rings. The number of carbonyl (C=O) groups excluding carboxylic acids is 2. The average Bonchev–Trinajstić information content (AvgIpc) is 3.65. The van der Waals surface area contributed by atoms with Crippen molar-refractivity contribution in [1.29, 1.82) is 0 Å². The lowest BCUT2D eigenvalue weighted by Gasteiger charge is -2.38. The van der Waals surface area contributed by atoms with Gasteiger partial charge in [-0.3, -0.25) is 9.59 Å². The summed E-state index contributed by atoms with van der Waals surface area (Å²) < 4.78 is 9.70. The molecular weight excluding hydrogens is 480 g/mol. The third-order valence-electron chi connectivity index (χ3n) is 6.71. The van der Waals surface area contributed by atoms with E-state index in [1.54, 1.807) is 25.6 Å². The van der Waals surface area contributed by atoms with Crippen LogP contribution in [0.3, 0.4) is 0 Å². The van der Waals surface area contributed by atoms with E-state index in [1.165, 1.54) is 11.8 Å². The number of thioether (sulfide) groups is 1. The molecular formula is C27H28N2O4S2. The van der Waals surface area contributed by atoms with Crippen LogP contribution in [0.1, 0.15) is 30.9 Å². The van der Waals surface area contributed by atoms with Gasteiger partial charge in [-0.15, -0.1) is 11.8 Å². The predicted molar refractivity (Wildman–Crippen MR) is 140 cm³/mol. The van der Waals surface area contributed by atoms with E-state index in [-0.39, 0.29) is 18.2 Å². The fourth-order valence-electron chi connectivity index (χ4n) is 5.02. The highest BCUT2D eigenvalue weighted by atomic mass is 32.2. The van der Waals surface area contributed by atoms with Crippen LogP contribution in [0.15, 0.2) is 70.3 Å². The number of rotatable bonds is 7. The van der Waals surface area contributed by atoms with Crippen molar-refractivity contribution in [1.82, 2.24) is 4.90 Å². The van der Waals surface area contributed by atoms with Crippen LogP contribution in [0.5, 0.6) is 11.5 Å². The van der Waals surface area contributed by atoms with Gasteiger partial charge in [0.15, 0.2) is 0 Å². The molecule has 2 saturated heterocycles. The maximum atomic E-state index is 14.3. The van der Waals surface area contributed by atoms with Crippen LogP contribution in [0.25, 0.3) is 0 Å². The number of benzene rings is 2. The van der Waals surface area contributed by atoms with E-state index in [2.05, 4.69) is 0 Å². The molecule has 6 nitrogen and oxygen atoms in total. The zero-order valence-electron chi connectivity index (χ0n) is 19.8. The molecule has 3 heterocycles. The van der Waals surface area contributed by atoms with Gasteiger partial charge in [0.25, 0.3) is 0 Å². The number of anilines is 1. The third-order valence-corrected chi connectivity index (χ3v) is 8.80. The van der Waals surface area contributed by atoms with Gasteiger partial charge < -0.3 is 19.3 Å². The van der Waals surface area contributed by atoms with Crippen molar-refractivity contribution in [3.05, 3.63) is 70.9 Å². The highest BCUT2D eigenvalue weighted by molar-refractivity contribution is 8.01. The van der Waals surface area contributed by atoms with Crippen LogP contribution < -0.4 is 14.4 Å². The van der Waals surface area contributed by atoms with Crippen LogP contribution in [0.4, 0.5) is 5.69 Å². The van der Waals surface area contributed by atoms with E-state index >= 15 is 0 Å². The lowest BCUT2D eigenvalue weighted by Crippen LogP contribution is -2.49. The number of hydrogen-bond acceptors (Lipinski definition) is 6. The zero-order valence-corrected chi connectivity index (χ0v) is 21.4. The minimum atomic E-state index is -1.01. The number of carbonyl (C=O) groups is 2. The minimum absolute atomic E-state index is 0.0303. The second-order valence-corrected chi connectivity index (χ2v) is 10.9. The second-order valence-electron chi connectivity index (χ2n) is 8.76. The first-order valence-corrected chi connectivity index (χ1v) is 13.4. The summed E-state index contributed by atoms with van der Waals surface area (Å²) in [6.07, 6.45) is 2.11. The van der Waals surface area contributed by atoms with E-state index < -0.39 is 10.8 Å². The zero-order chi connectivity index (χ0) is 24.4. The molecule has 2 atom stereocenters. The van der Waals surface area contributed by atoms with Crippen LogP contribution in [0.2, 0.25) is 0 Å². The largest absolute Gasteiger partial charge is 0.497 e. The molecule has 0 spiro atoms. The lowest BCUT2D eigenvalue weighted by molar-refractivity contribution is -0.133. The van der Waals surface area contributed by atoms with Crippen LogP contribution in [0, 0.1) is 0 Å². The van der Waals surface area contributed by atoms with Crippen LogP contribution in [-0.4, -0.2) is 48.8 Å². The van der Waals surface area contributed by atoms with Gasteiger partial charge >= 0.3 is 0 Å². The molecule has 8 heteroatoms. The smallest absolute Gasteiger partial charge is 0.242 e. The van der Waals surface area contributed by atoms with Crippen molar-refractivity contribution in [2.24, 2.45) is 0 Å². The molecule has 2 aliphatic heterocycles. The Morgan fingerprint density at radius 2 is 1.60 bits per heavy atom. The number of methoxy groups -OCH3 is 2. The van der Waals surface area contributed by atoms with Gasteiger partial charge in [0.05, 0.1) is 32.4 Å². The number of ether oxygens (including phenoxy) is 2. The standard InChI is InChI=1S/C27H28N2O4S2/c1-32-21-7-5-19(6-8-21)25-27(26(31)28-14-3-4-15-28,35-23-11-9-22(33-2)10-12-23)17-24(30)29(25)20-13-16-34-18-20/h5-13,16,18,25H,3-4,14-15,17H2,1-2H3/t25-,27-/m1/s1. The first-order chi connectivity index (χ1) is 17.1. The molecule has 2 aliphatic rings. The molecule has 182 valence electrons. The van der Waals surface area contributed by atoms with Gasteiger partial charge in [0.1, 0.15) is 16.2 Å². The number of thiophene rings is 1. The SMILES string of the molecule is COc1ccc(S[C@]2(C(=O)N3CCCC3)CC(=O)N(c3ccsc3)[C@@H]2c2ccc(OC)cc2)cc1. The number of hydrogen-bond donors (Lipinski definition) is 0. The third kappa shape index (κ3) is 4.41. The van der Waals surface area contributed by atoms with Crippen LogP contribution >= 0.6 is 23.1 Å². The molecule has 5 rings (SSSR count). The topological polar surface area (TPSA) is 59.1 Å². The van der Waals surface area contributed by atoms with E-state index in [9.17, 15) is 9.59 Å². The van der Waals surface area contributed by atoms with Gasteiger partial charge in [-0.2, -0.15) is 11.3 Å². The average molecular weight is 509 g/mol. The van der Waals surface area contributed by atoms with E-state index in [0.29, 0.717) is 0 Å². The molecule has 2 amide bonds. The molecule has 0 unspecified atom stereocenters. The molecule has 3 aromatic rings. The molecule has 0 bridgehead atoms. The van der Waals surface area contributed by atoms with Gasteiger partial charge in [0.2, 0.25) is 11.8 Å². The monoisotopic (exact) mass is 508 g/mol. The summed E-state index contributed by atoms with van der Waals surface area (Å²) in [6.45, 7) is 1.46. The summed E-state index contributed by atoms with van der Waals surface area (Å²) in [5.41, 5.74) is 1.74. The first-order valence-electron chi connectivity index (χ1n) is 11.7. The fourth-order valence-corrected chi connectivity index (χ4v) is 7.11. The van der Waals surface area contributed by atoms with Crippen molar-refractivity contribution in [3.8, 4) is 11.5 Å². The van der Waals surface area contributed by atoms with E-state index in [0.717, 1.165) is 53.6 Å². The minimum Gasteiger partial charge on any atom is -0.497 e. The van der Waals surface area contributed by atoms with Crippen molar-refractivity contribution in [2.45, 2.75) is 34.9 Å². The molecule has 0 N–H and O–H groups in total. The Labute approximate surface area is 213 Å². The Morgan fingerprint density at radius 1 is 0.971 bits per heavy atom. The Bertz CT molecular complexity index is 1170.